The van der Waals surface area contributed by atoms with Crippen LogP contribution >= 0.6 is 12.4 Å². The molecule has 2 rings (SSSR count). The van der Waals surface area contributed by atoms with Gasteiger partial charge in [-0.2, -0.15) is 0 Å². The first-order valence-corrected chi connectivity index (χ1v) is 5.34. The molecule has 1 amide bonds. The maximum atomic E-state index is 10.1. The van der Waals surface area contributed by atoms with Crippen molar-refractivity contribution in [3.8, 4) is 0 Å². The molecule has 0 heterocycles. The summed E-state index contributed by atoms with van der Waals surface area (Å²) in [5.41, 5.74) is 12.9. The van der Waals surface area contributed by atoms with E-state index in [0.29, 0.717) is 0 Å². The van der Waals surface area contributed by atoms with E-state index in [9.17, 15) is 9.59 Å². The minimum Gasteiger partial charge on any atom is -0.480 e. The molecule has 5 N–H and O–H groups in total. The molecule has 0 aliphatic heterocycles. The number of hydrogen-bond acceptors (Lipinski definition) is 3. The van der Waals surface area contributed by atoms with Gasteiger partial charge < -0.3 is 16.6 Å². The number of benzene rings is 1. The molecule has 6 heteroatoms. The van der Waals surface area contributed by atoms with Gasteiger partial charge in [-0.3, -0.25) is 9.59 Å². The summed E-state index contributed by atoms with van der Waals surface area (Å²) in [5.74, 6) is -1.64. The predicted molar refractivity (Wildman–Crippen MR) is 70.5 cm³/mol. The van der Waals surface area contributed by atoms with Crippen molar-refractivity contribution in [2.24, 2.45) is 11.5 Å². The smallest absolute Gasteiger partial charge is 0.320 e. The van der Waals surface area contributed by atoms with Crippen molar-refractivity contribution >= 4 is 24.3 Å². The first-order valence-electron chi connectivity index (χ1n) is 5.34. The number of primary amides is 1. The van der Waals surface area contributed by atoms with E-state index in [0.717, 1.165) is 0 Å². The fourth-order valence-corrected chi connectivity index (χ4v) is 1.26. The van der Waals surface area contributed by atoms with Gasteiger partial charge in [-0.05, 0) is 24.0 Å². The first kappa shape index (κ1) is 16.4. The molecule has 18 heavy (non-hydrogen) atoms. The molecule has 0 spiro atoms. The summed E-state index contributed by atoms with van der Waals surface area (Å²) in [5, 5.41) is 8.22. The molecule has 1 aromatic rings. The second-order valence-electron chi connectivity index (χ2n) is 3.90. The van der Waals surface area contributed by atoms with Crippen LogP contribution in [0.25, 0.3) is 0 Å². The van der Waals surface area contributed by atoms with Gasteiger partial charge in [0.15, 0.2) is 0 Å². The number of hydrogen-bond donors (Lipinski definition) is 3. The van der Waals surface area contributed by atoms with Gasteiger partial charge in [0.2, 0.25) is 5.91 Å². The van der Waals surface area contributed by atoms with Gasteiger partial charge in [0.05, 0.1) is 0 Å². The average Bonchev–Trinajstić information content (AvgIpc) is 3.05. The zero-order valence-electron chi connectivity index (χ0n) is 9.83. The van der Waals surface area contributed by atoms with Gasteiger partial charge in [0.25, 0.3) is 0 Å². The van der Waals surface area contributed by atoms with E-state index < -0.39 is 17.9 Å². The van der Waals surface area contributed by atoms with Crippen molar-refractivity contribution in [2.45, 2.75) is 25.3 Å². The van der Waals surface area contributed by atoms with Gasteiger partial charge in [-0.1, -0.05) is 24.3 Å². The largest absolute Gasteiger partial charge is 0.480 e. The molecule has 1 aromatic carbocycles. The van der Waals surface area contributed by atoms with E-state index in [-0.39, 0.29) is 25.2 Å². The molecule has 100 valence electrons. The number of carbonyl (C=O) groups is 2. The van der Waals surface area contributed by atoms with Crippen LogP contribution in [-0.4, -0.2) is 23.0 Å². The van der Waals surface area contributed by atoms with Crippen molar-refractivity contribution in [3.63, 3.8) is 0 Å². The molecule has 0 unspecified atom stereocenters. The Hall–Kier alpha value is -1.59. The third-order valence-corrected chi connectivity index (χ3v) is 2.39. The van der Waals surface area contributed by atoms with Crippen molar-refractivity contribution in [2.75, 3.05) is 0 Å². The number of rotatable bonds is 4. The van der Waals surface area contributed by atoms with Crippen LogP contribution in [0.3, 0.4) is 0 Å². The maximum Gasteiger partial charge on any atom is 0.320 e. The Kier molecular flexibility index (Phi) is 7.00. The zero-order chi connectivity index (χ0) is 12.8. The quantitative estimate of drug-likeness (QED) is 0.761. The van der Waals surface area contributed by atoms with Crippen LogP contribution in [0.15, 0.2) is 24.3 Å². The Bertz CT molecular complexity index is 403. The fourth-order valence-electron chi connectivity index (χ4n) is 1.26. The van der Waals surface area contributed by atoms with Crippen molar-refractivity contribution < 1.29 is 14.7 Å². The maximum absolute atomic E-state index is 10.1. The summed E-state index contributed by atoms with van der Waals surface area (Å²) in [4.78, 5) is 20.1. The number of fused-ring (bicyclic) bond motifs is 1. The number of amides is 1. The van der Waals surface area contributed by atoms with Crippen LogP contribution < -0.4 is 11.5 Å². The molecule has 1 aliphatic carbocycles. The van der Waals surface area contributed by atoms with Crippen LogP contribution in [-0.2, 0) is 16.0 Å². The highest BCUT2D eigenvalue weighted by atomic mass is 35.5. The molecular formula is C12H17ClN2O3. The van der Waals surface area contributed by atoms with Crippen molar-refractivity contribution in [3.05, 3.63) is 35.4 Å². The van der Waals surface area contributed by atoms with Gasteiger partial charge >= 0.3 is 5.97 Å². The lowest BCUT2D eigenvalue weighted by molar-refractivity contribution is -0.138. The zero-order valence-corrected chi connectivity index (χ0v) is 10.7. The SMILES string of the molecule is Cl.NC(=O)CC[C@H](N)C(=O)O.c1ccc2c(c1)C2. The molecule has 1 atom stereocenters. The van der Waals surface area contributed by atoms with E-state index >= 15 is 0 Å². The first-order chi connectivity index (χ1) is 8.00. The molecule has 0 radical (unpaired) electrons. The van der Waals surface area contributed by atoms with E-state index in [1.807, 2.05) is 0 Å². The Morgan fingerprint density at radius 3 is 2.11 bits per heavy atom. The topological polar surface area (TPSA) is 106 Å². The number of carboxylic acid groups (broad SMARTS) is 1. The van der Waals surface area contributed by atoms with E-state index in [2.05, 4.69) is 24.3 Å². The van der Waals surface area contributed by atoms with Gasteiger partial charge in [0.1, 0.15) is 6.04 Å². The van der Waals surface area contributed by atoms with Gasteiger partial charge in [-0.15, -0.1) is 12.4 Å². The van der Waals surface area contributed by atoms with Gasteiger partial charge in [0, 0.05) is 6.42 Å². The Balaban J connectivity index is 0.000000315. The lowest BCUT2D eigenvalue weighted by Crippen LogP contribution is -2.31. The average molecular weight is 273 g/mol. The lowest BCUT2D eigenvalue weighted by atomic mass is 10.2. The molecule has 0 fully saturated rings. The van der Waals surface area contributed by atoms with Crippen molar-refractivity contribution in [1.82, 2.24) is 0 Å². The normalized spacial score (nSPS) is 12.1. The number of carboxylic acids is 1. The highest BCUT2D eigenvalue weighted by Gasteiger charge is 2.12. The molecule has 0 aromatic heterocycles. The highest BCUT2D eigenvalue weighted by Crippen LogP contribution is 2.25. The number of halogens is 1. The van der Waals surface area contributed by atoms with Crippen LogP contribution in [0.4, 0.5) is 0 Å². The Morgan fingerprint density at radius 2 is 1.78 bits per heavy atom. The van der Waals surface area contributed by atoms with Crippen LogP contribution in [0.5, 0.6) is 0 Å². The number of nitrogens with two attached hydrogens (primary N) is 2. The van der Waals surface area contributed by atoms with Crippen LogP contribution in [0.2, 0.25) is 0 Å². The fraction of sp³-hybridized carbons (Fsp3) is 0.333. The summed E-state index contributed by atoms with van der Waals surface area (Å²) in [6, 6.07) is 7.55. The predicted octanol–water partition coefficient (Wildman–Crippen LogP) is 0.676. The third-order valence-electron chi connectivity index (χ3n) is 2.39. The third kappa shape index (κ3) is 6.22. The second kappa shape index (κ2) is 7.68. The summed E-state index contributed by atoms with van der Waals surface area (Å²) in [7, 11) is 0. The summed E-state index contributed by atoms with van der Waals surface area (Å²) in [6.45, 7) is 0. The minimum absolute atomic E-state index is 0. The summed E-state index contributed by atoms with van der Waals surface area (Å²) < 4.78 is 0. The molecule has 0 saturated carbocycles. The Morgan fingerprint density at radius 1 is 1.28 bits per heavy atom. The molecule has 1 aliphatic rings. The molecule has 0 saturated heterocycles. The van der Waals surface area contributed by atoms with E-state index in [1.165, 1.54) is 17.5 Å². The monoisotopic (exact) mass is 272 g/mol. The van der Waals surface area contributed by atoms with Crippen LogP contribution in [0.1, 0.15) is 24.0 Å². The standard InChI is InChI=1S/C7H6.C5H10N2O3.ClH/c1-2-4-7-5-6(7)3-1;6-3(5(9)10)1-2-4(7)8;/h1-4H,5H2;3H,1-2,6H2,(H2,7,8)(H,9,10);1H/t;3-;/m.0./s1. The van der Waals surface area contributed by atoms with E-state index in [1.54, 1.807) is 0 Å². The van der Waals surface area contributed by atoms with E-state index in [4.69, 9.17) is 16.6 Å². The summed E-state index contributed by atoms with van der Waals surface area (Å²) >= 11 is 0. The number of aliphatic carboxylic acids is 1. The Labute approximate surface area is 112 Å². The minimum atomic E-state index is -1.11. The second-order valence-corrected chi connectivity index (χ2v) is 3.90. The van der Waals surface area contributed by atoms with Crippen LogP contribution in [0, 0.1) is 0 Å². The summed E-state index contributed by atoms with van der Waals surface area (Å²) in [6.07, 6.45) is 1.37. The molecule has 5 nitrogen and oxygen atoms in total. The van der Waals surface area contributed by atoms with Gasteiger partial charge in [-0.25, -0.2) is 0 Å². The lowest BCUT2D eigenvalue weighted by Gasteiger charge is -2.01. The molecular weight excluding hydrogens is 256 g/mol. The molecule has 0 bridgehead atoms. The van der Waals surface area contributed by atoms with Crippen molar-refractivity contribution in [1.29, 1.82) is 0 Å². The highest BCUT2D eigenvalue weighted by molar-refractivity contribution is 5.85. The number of carbonyl (C=O) groups excluding carboxylic acids is 1.